The predicted octanol–water partition coefficient (Wildman–Crippen LogP) is 2.36. The number of β-amino-alcohol motifs (C(OH)–C–C–N with tert-alkyl or cyclic N) is 1. The topological polar surface area (TPSA) is 95.2 Å². The third-order valence-electron chi connectivity index (χ3n) is 5.76. The van der Waals surface area contributed by atoms with Crippen molar-refractivity contribution in [2.24, 2.45) is 0 Å². The lowest BCUT2D eigenvalue weighted by Gasteiger charge is -2.38. The smallest absolute Gasteiger partial charge is 0.270 e. The average molecular weight is 356 g/mol. The zero-order valence-corrected chi connectivity index (χ0v) is 14.8. The maximum Gasteiger partial charge on any atom is 0.270 e. The lowest BCUT2D eigenvalue weighted by Crippen LogP contribution is -2.51. The van der Waals surface area contributed by atoms with Gasteiger partial charge in [-0.25, -0.2) is 0 Å². The van der Waals surface area contributed by atoms with Gasteiger partial charge in [0.15, 0.2) is 5.82 Å². The van der Waals surface area contributed by atoms with Crippen LogP contribution in [0.4, 0.5) is 0 Å². The third kappa shape index (κ3) is 3.05. The molecule has 2 aromatic rings. The van der Waals surface area contributed by atoms with Gasteiger partial charge in [-0.3, -0.25) is 4.79 Å². The number of carbonyl (C=O) groups is 1. The number of hydrogen-bond donors (Lipinski definition) is 2. The molecule has 26 heavy (non-hydrogen) atoms. The Morgan fingerprint density at radius 3 is 2.92 bits per heavy atom. The molecule has 0 spiro atoms. The molecule has 1 amide bonds. The molecule has 7 heteroatoms. The first-order valence-corrected chi connectivity index (χ1v) is 9.63. The largest absolute Gasteiger partial charge is 0.388 e. The van der Waals surface area contributed by atoms with Gasteiger partial charge >= 0.3 is 0 Å². The number of H-pyrrole nitrogens is 1. The number of rotatable bonds is 5. The fraction of sp³-hybridized carbons (Fsp3) is 0.632. The van der Waals surface area contributed by atoms with Crippen LogP contribution in [-0.2, 0) is 6.42 Å². The highest BCUT2D eigenvalue weighted by Gasteiger charge is 2.39. The van der Waals surface area contributed by atoms with Crippen molar-refractivity contribution in [2.75, 3.05) is 13.1 Å². The van der Waals surface area contributed by atoms with Gasteiger partial charge < -0.3 is 19.5 Å². The molecule has 2 aliphatic carbocycles. The summed E-state index contributed by atoms with van der Waals surface area (Å²) in [6.45, 7) is 0.970. The molecule has 1 saturated heterocycles. The van der Waals surface area contributed by atoms with Crippen molar-refractivity contribution in [1.82, 2.24) is 20.0 Å². The molecule has 0 bridgehead atoms. The van der Waals surface area contributed by atoms with Gasteiger partial charge in [0.25, 0.3) is 5.91 Å². The standard InChI is InChI=1S/C19H24N4O3/c24-18(16-14(6-8-20-16)12-2-3-12)23-9-1-7-19(25,11-23)10-15-21-17(22-26-15)13-4-5-13/h6,8,12-13,20,25H,1-5,7,9-11H2. The third-order valence-corrected chi connectivity index (χ3v) is 5.76. The Labute approximate surface area is 151 Å². The molecule has 2 N–H and O–H groups in total. The maximum atomic E-state index is 13.0. The summed E-state index contributed by atoms with van der Waals surface area (Å²) in [5, 5.41) is 15.1. The van der Waals surface area contributed by atoms with Gasteiger partial charge in [0, 0.05) is 18.7 Å². The monoisotopic (exact) mass is 356 g/mol. The van der Waals surface area contributed by atoms with Gasteiger partial charge in [0.05, 0.1) is 18.6 Å². The van der Waals surface area contributed by atoms with Crippen LogP contribution in [0.15, 0.2) is 16.8 Å². The molecular weight excluding hydrogens is 332 g/mol. The fourth-order valence-electron chi connectivity index (χ4n) is 4.02. The van der Waals surface area contributed by atoms with Gasteiger partial charge in [0.2, 0.25) is 5.89 Å². The van der Waals surface area contributed by atoms with Crippen molar-refractivity contribution >= 4 is 5.91 Å². The van der Waals surface area contributed by atoms with Gasteiger partial charge in [-0.1, -0.05) is 5.16 Å². The van der Waals surface area contributed by atoms with Crippen LogP contribution in [0.2, 0.25) is 0 Å². The highest BCUT2D eigenvalue weighted by Crippen LogP contribution is 2.42. The number of carbonyl (C=O) groups excluding carboxylic acids is 1. The number of nitrogens with zero attached hydrogens (tertiary/aromatic N) is 3. The van der Waals surface area contributed by atoms with Gasteiger partial charge in [-0.15, -0.1) is 0 Å². The highest BCUT2D eigenvalue weighted by atomic mass is 16.5. The molecule has 1 atom stereocenters. The number of aromatic amines is 1. The Bertz CT molecular complexity index is 820. The highest BCUT2D eigenvalue weighted by molar-refractivity contribution is 5.94. The minimum atomic E-state index is -1.01. The molecule has 3 heterocycles. The van der Waals surface area contributed by atoms with E-state index in [4.69, 9.17) is 4.52 Å². The van der Waals surface area contributed by atoms with Crippen molar-refractivity contribution < 1.29 is 14.4 Å². The molecule has 1 aliphatic heterocycles. The lowest BCUT2D eigenvalue weighted by atomic mass is 9.89. The molecule has 5 rings (SSSR count). The van der Waals surface area contributed by atoms with E-state index in [1.165, 1.54) is 0 Å². The molecule has 3 fully saturated rings. The number of aromatic nitrogens is 3. The summed E-state index contributed by atoms with van der Waals surface area (Å²) < 4.78 is 5.33. The molecule has 0 aromatic carbocycles. The van der Waals surface area contributed by atoms with Crippen LogP contribution in [-0.4, -0.2) is 49.7 Å². The summed E-state index contributed by atoms with van der Waals surface area (Å²) in [4.78, 5) is 22.3. The minimum absolute atomic E-state index is 0.0146. The van der Waals surface area contributed by atoms with Gasteiger partial charge in [-0.05, 0) is 56.1 Å². The molecule has 1 unspecified atom stereocenters. The summed E-state index contributed by atoms with van der Waals surface area (Å²) in [5.41, 5.74) is 0.800. The van der Waals surface area contributed by atoms with Crippen molar-refractivity contribution in [3.63, 3.8) is 0 Å². The number of likely N-dealkylation sites (tertiary alicyclic amines) is 1. The molecule has 0 radical (unpaired) electrons. The van der Waals surface area contributed by atoms with E-state index in [1.807, 2.05) is 12.3 Å². The number of nitrogens with one attached hydrogen (secondary N) is 1. The predicted molar refractivity (Wildman–Crippen MR) is 92.8 cm³/mol. The second-order valence-corrected chi connectivity index (χ2v) is 8.13. The first-order valence-electron chi connectivity index (χ1n) is 9.63. The van der Waals surface area contributed by atoms with Crippen LogP contribution < -0.4 is 0 Å². The molecule has 2 aromatic heterocycles. The van der Waals surface area contributed by atoms with Crippen LogP contribution in [0.5, 0.6) is 0 Å². The van der Waals surface area contributed by atoms with Gasteiger partial charge in [-0.2, -0.15) is 4.98 Å². The molecule has 138 valence electrons. The SMILES string of the molecule is O=C(c1[nH]ccc1C1CC1)N1CCCC(O)(Cc2nc(C3CC3)no2)C1. The minimum Gasteiger partial charge on any atom is -0.388 e. The van der Waals surface area contributed by atoms with E-state index < -0.39 is 5.60 Å². The summed E-state index contributed by atoms with van der Waals surface area (Å²) in [6.07, 6.45) is 8.09. The Morgan fingerprint density at radius 1 is 1.35 bits per heavy atom. The maximum absolute atomic E-state index is 13.0. The van der Waals surface area contributed by atoms with Crippen molar-refractivity contribution in [3.05, 3.63) is 35.2 Å². The number of amides is 1. The molecule has 7 nitrogen and oxygen atoms in total. The van der Waals surface area contributed by atoms with E-state index in [2.05, 4.69) is 15.1 Å². The number of piperidine rings is 1. The Morgan fingerprint density at radius 2 is 2.15 bits per heavy atom. The van der Waals surface area contributed by atoms with E-state index >= 15 is 0 Å². The molecule has 3 aliphatic rings. The van der Waals surface area contributed by atoms with Crippen LogP contribution in [0.1, 0.15) is 78.1 Å². The van der Waals surface area contributed by atoms with Crippen molar-refractivity contribution in [1.29, 1.82) is 0 Å². The fourth-order valence-corrected chi connectivity index (χ4v) is 4.02. The summed E-state index contributed by atoms with van der Waals surface area (Å²) >= 11 is 0. The second-order valence-electron chi connectivity index (χ2n) is 8.13. The lowest BCUT2D eigenvalue weighted by molar-refractivity contribution is -0.0288. The summed E-state index contributed by atoms with van der Waals surface area (Å²) in [7, 11) is 0. The van der Waals surface area contributed by atoms with Gasteiger partial charge in [0.1, 0.15) is 5.69 Å². The van der Waals surface area contributed by atoms with Crippen LogP contribution in [0.3, 0.4) is 0 Å². The zero-order chi connectivity index (χ0) is 17.7. The van der Waals surface area contributed by atoms with E-state index in [0.29, 0.717) is 49.4 Å². The Kier molecular flexibility index (Phi) is 3.67. The zero-order valence-electron chi connectivity index (χ0n) is 14.8. The van der Waals surface area contributed by atoms with Crippen molar-refractivity contribution in [3.8, 4) is 0 Å². The summed E-state index contributed by atoms with van der Waals surface area (Å²) in [5.74, 6) is 2.16. The number of aliphatic hydroxyl groups is 1. The average Bonchev–Trinajstić information content (AvgIpc) is 3.56. The van der Waals surface area contributed by atoms with Crippen LogP contribution >= 0.6 is 0 Å². The number of hydrogen-bond acceptors (Lipinski definition) is 5. The van der Waals surface area contributed by atoms with Crippen LogP contribution in [0.25, 0.3) is 0 Å². The Hall–Kier alpha value is -2.15. The van der Waals surface area contributed by atoms with E-state index in [9.17, 15) is 9.90 Å². The first kappa shape index (κ1) is 16.1. The first-order chi connectivity index (χ1) is 12.6. The van der Waals surface area contributed by atoms with E-state index in [0.717, 1.165) is 43.5 Å². The van der Waals surface area contributed by atoms with E-state index in [-0.39, 0.29) is 5.91 Å². The van der Waals surface area contributed by atoms with Crippen LogP contribution in [0, 0.1) is 0 Å². The normalized spacial score (nSPS) is 26.3. The Balaban J connectivity index is 1.30. The molecular formula is C19H24N4O3. The van der Waals surface area contributed by atoms with Crippen molar-refractivity contribution in [2.45, 2.75) is 62.4 Å². The second kappa shape index (κ2) is 5.94. The molecule has 2 saturated carbocycles. The quantitative estimate of drug-likeness (QED) is 0.857. The van der Waals surface area contributed by atoms with E-state index in [1.54, 1.807) is 4.90 Å². The summed E-state index contributed by atoms with van der Waals surface area (Å²) in [6, 6.07) is 2.01.